The summed E-state index contributed by atoms with van der Waals surface area (Å²) in [5.41, 5.74) is 8.85. The maximum absolute atomic E-state index is 5.07. The van der Waals surface area contributed by atoms with Crippen LogP contribution in [0.25, 0.3) is 11.3 Å². The molecule has 5 aliphatic carbocycles. The number of hydrogen-bond donors (Lipinski definition) is 0. The molecule has 0 saturated heterocycles. The third-order valence-electron chi connectivity index (χ3n) is 9.73. The molecule has 1 heterocycles. The van der Waals surface area contributed by atoms with Crippen molar-refractivity contribution in [2.24, 2.45) is 23.2 Å². The molecule has 0 spiro atoms. The number of pyridine rings is 1. The van der Waals surface area contributed by atoms with Crippen molar-refractivity contribution in [1.29, 1.82) is 0 Å². The van der Waals surface area contributed by atoms with E-state index in [9.17, 15) is 0 Å². The predicted octanol–water partition coefficient (Wildman–Crippen LogP) is 7.16. The fraction of sp³-hybridized carbons (Fsp3) is 0.500. The van der Waals surface area contributed by atoms with Gasteiger partial charge in [-0.25, -0.2) is 0 Å². The minimum atomic E-state index is 0. The number of nitrogens with zero attached hydrogens (tertiary/aromatic N) is 1. The van der Waals surface area contributed by atoms with Crippen LogP contribution in [0.2, 0.25) is 0 Å². The molecule has 2 bridgehead atoms. The van der Waals surface area contributed by atoms with Crippen molar-refractivity contribution in [2.75, 3.05) is 0 Å². The van der Waals surface area contributed by atoms with Crippen molar-refractivity contribution in [1.82, 2.24) is 4.98 Å². The smallest absolute Gasteiger partial charge is 0.0198 e. The van der Waals surface area contributed by atoms with Crippen LogP contribution in [0.5, 0.6) is 0 Å². The summed E-state index contributed by atoms with van der Waals surface area (Å²) >= 11 is 0. The van der Waals surface area contributed by atoms with E-state index in [1.54, 1.807) is 0 Å². The minimum absolute atomic E-state index is 0. The average Bonchev–Trinajstić information content (AvgIpc) is 2.76. The second-order valence-corrected chi connectivity index (χ2v) is 12.2. The molecule has 1 radical (unpaired) electrons. The van der Waals surface area contributed by atoms with Crippen LogP contribution in [0.3, 0.4) is 0 Å². The second-order valence-electron chi connectivity index (χ2n) is 12.2. The van der Waals surface area contributed by atoms with Gasteiger partial charge in [0.05, 0.1) is 0 Å². The van der Waals surface area contributed by atoms with Gasteiger partial charge in [0.1, 0.15) is 0 Å². The van der Waals surface area contributed by atoms with E-state index in [2.05, 4.69) is 96.3 Å². The Morgan fingerprint density at radius 2 is 1.66 bits per heavy atom. The molecular formula is C30H34IrN-. The van der Waals surface area contributed by atoms with Gasteiger partial charge in [-0.1, -0.05) is 71.9 Å². The molecule has 1 aromatic carbocycles. The molecule has 4 unspecified atom stereocenters. The van der Waals surface area contributed by atoms with Gasteiger partial charge in [0, 0.05) is 26.3 Å². The van der Waals surface area contributed by atoms with Crippen LogP contribution in [-0.2, 0) is 37.4 Å². The maximum Gasteiger partial charge on any atom is 0.0198 e. The number of benzene rings is 1. The van der Waals surface area contributed by atoms with E-state index in [0.717, 1.165) is 11.6 Å². The third-order valence-corrected chi connectivity index (χ3v) is 9.73. The van der Waals surface area contributed by atoms with Gasteiger partial charge in [-0.05, 0) is 69.6 Å². The summed E-state index contributed by atoms with van der Waals surface area (Å²) in [6, 6.07) is 10.5. The first-order valence-electron chi connectivity index (χ1n) is 12.0. The zero-order valence-electron chi connectivity index (χ0n) is 20.1. The summed E-state index contributed by atoms with van der Waals surface area (Å²) in [6.45, 7) is 14.6. The Morgan fingerprint density at radius 1 is 0.969 bits per heavy atom. The second kappa shape index (κ2) is 7.00. The van der Waals surface area contributed by atoms with Gasteiger partial charge in [-0.3, -0.25) is 0 Å². The van der Waals surface area contributed by atoms with Gasteiger partial charge in [-0.2, -0.15) is 0 Å². The van der Waals surface area contributed by atoms with Crippen LogP contribution in [0.1, 0.15) is 76.1 Å². The van der Waals surface area contributed by atoms with E-state index in [0.29, 0.717) is 23.2 Å². The number of aromatic nitrogens is 1. The molecule has 2 aromatic rings. The molecule has 1 aromatic heterocycles. The molecule has 1 fully saturated rings. The minimum Gasteiger partial charge on any atom is -0.304 e. The molecule has 169 valence electrons. The van der Waals surface area contributed by atoms with E-state index >= 15 is 0 Å². The molecule has 0 amide bonds. The molecule has 0 N–H and O–H groups in total. The van der Waals surface area contributed by atoms with E-state index < -0.39 is 0 Å². The van der Waals surface area contributed by atoms with Crippen LogP contribution in [0.15, 0.2) is 48.7 Å². The maximum atomic E-state index is 5.07. The average molecular weight is 601 g/mol. The van der Waals surface area contributed by atoms with Crippen LogP contribution in [0.4, 0.5) is 0 Å². The summed E-state index contributed by atoms with van der Waals surface area (Å²) in [5, 5.41) is 0. The van der Waals surface area contributed by atoms with Gasteiger partial charge < -0.3 is 4.98 Å². The number of rotatable bonds is 1. The summed E-state index contributed by atoms with van der Waals surface area (Å²) in [7, 11) is 0. The first kappa shape index (κ1) is 22.3. The van der Waals surface area contributed by atoms with E-state index in [1.807, 2.05) is 0 Å². The van der Waals surface area contributed by atoms with Crippen molar-refractivity contribution < 1.29 is 20.1 Å². The van der Waals surface area contributed by atoms with Gasteiger partial charge in [0.25, 0.3) is 0 Å². The SMILES string of the molecule is CC1(C)c2cc[c-]c(-c3cc4c(cn3)C3CC(C4)C3(C)C)c2C(C)(C)C2C=CC=CC21.[Ir]. The van der Waals surface area contributed by atoms with Gasteiger partial charge in [0.15, 0.2) is 0 Å². The number of hydrogen-bond acceptors (Lipinski definition) is 1. The predicted molar refractivity (Wildman–Crippen MR) is 128 cm³/mol. The van der Waals surface area contributed by atoms with E-state index in [-0.39, 0.29) is 30.9 Å². The summed E-state index contributed by atoms with van der Waals surface area (Å²) < 4.78 is 0. The van der Waals surface area contributed by atoms with Gasteiger partial charge >= 0.3 is 0 Å². The Labute approximate surface area is 207 Å². The normalized spacial score (nSPS) is 31.4. The molecule has 1 nitrogen and oxygen atoms in total. The quantitative estimate of drug-likeness (QED) is 0.317. The Hall–Kier alpha value is -1.50. The van der Waals surface area contributed by atoms with Crippen molar-refractivity contribution >= 4 is 0 Å². The molecule has 2 heteroatoms. The van der Waals surface area contributed by atoms with Crippen LogP contribution in [-0.4, -0.2) is 4.98 Å². The topological polar surface area (TPSA) is 12.9 Å². The van der Waals surface area contributed by atoms with Crippen molar-refractivity contribution in [3.8, 4) is 11.3 Å². The van der Waals surface area contributed by atoms with Crippen LogP contribution >= 0.6 is 0 Å². The molecule has 32 heavy (non-hydrogen) atoms. The van der Waals surface area contributed by atoms with Gasteiger partial charge in [0.2, 0.25) is 0 Å². The van der Waals surface area contributed by atoms with E-state index in [4.69, 9.17) is 4.98 Å². The Bertz CT molecular complexity index is 1150. The van der Waals surface area contributed by atoms with Crippen molar-refractivity contribution in [3.63, 3.8) is 0 Å². The molecule has 1 saturated carbocycles. The number of fused-ring (bicyclic) bond motifs is 2. The Balaban J connectivity index is 0.00000216. The molecule has 7 rings (SSSR count). The molecule has 4 atom stereocenters. The van der Waals surface area contributed by atoms with Crippen molar-refractivity contribution in [2.45, 2.75) is 71.1 Å². The first-order chi connectivity index (χ1) is 14.6. The fourth-order valence-corrected chi connectivity index (χ4v) is 7.53. The largest absolute Gasteiger partial charge is 0.304 e. The zero-order valence-corrected chi connectivity index (χ0v) is 22.5. The Kier molecular flexibility index (Phi) is 4.88. The van der Waals surface area contributed by atoms with Crippen LogP contribution < -0.4 is 0 Å². The van der Waals surface area contributed by atoms with Crippen LogP contribution in [0, 0.1) is 29.2 Å². The monoisotopic (exact) mass is 601 g/mol. The summed E-state index contributed by atoms with van der Waals surface area (Å²) in [6.07, 6.45) is 14.1. The van der Waals surface area contributed by atoms with E-state index in [1.165, 1.54) is 40.7 Å². The van der Waals surface area contributed by atoms with Gasteiger partial charge in [-0.15, -0.1) is 34.9 Å². The molecule has 5 aliphatic rings. The third kappa shape index (κ3) is 2.75. The zero-order chi connectivity index (χ0) is 21.8. The first-order valence-corrected chi connectivity index (χ1v) is 12.0. The molecule has 0 aliphatic heterocycles. The summed E-state index contributed by atoms with van der Waals surface area (Å²) in [5.74, 6) is 2.51. The van der Waals surface area contributed by atoms with Crippen molar-refractivity contribution in [3.05, 3.63) is 77.0 Å². The molecular weight excluding hydrogens is 567 g/mol. The Morgan fingerprint density at radius 3 is 2.34 bits per heavy atom. The summed E-state index contributed by atoms with van der Waals surface area (Å²) in [4.78, 5) is 5.07. The standard InChI is InChI=1S/C30H34N.Ir/c1-28(2)19-14-18-15-26(31-17-21(18)25(28)16-19)20-10-9-13-24-27(20)30(5,6)23-12-8-7-11-22(23)29(24,3)4;/h7-9,11-13,15,17,19,22-23,25H,14,16H2,1-6H3;/q-1;. The fourth-order valence-electron chi connectivity index (χ4n) is 7.53. The number of allylic oxidation sites excluding steroid dienone is 4.